The number of nitrogens with zero attached hydrogens (tertiary/aromatic N) is 3. The molecular formula is C12H13ClN4O3. The molecule has 1 aromatic heterocycles. The Morgan fingerprint density at radius 1 is 1.30 bits per heavy atom. The predicted octanol–water partition coefficient (Wildman–Crippen LogP) is 2.40. The fourth-order valence-electron chi connectivity index (χ4n) is 2.05. The first kappa shape index (κ1) is 14.4. The largest absolute Gasteiger partial charge is 0.334 e. The predicted molar refractivity (Wildman–Crippen MR) is 73.4 cm³/mol. The summed E-state index contributed by atoms with van der Waals surface area (Å²) < 4.78 is 5.16. The van der Waals surface area contributed by atoms with Crippen LogP contribution in [0.1, 0.15) is 25.1 Å². The number of hydrogen-bond acceptors (Lipinski definition) is 6. The fraction of sp³-hybridized carbons (Fsp3) is 0.333. The fourth-order valence-corrected chi connectivity index (χ4v) is 2.05. The van der Waals surface area contributed by atoms with Crippen molar-refractivity contribution >= 4 is 18.1 Å². The minimum absolute atomic E-state index is 0. The van der Waals surface area contributed by atoms with Gasteiger partial charge in [-0.3, -0.25) is 10.1 Å². The molecule has 0 saturated heterocycles. The maximum Gasteiger partial charge on any atom is 0.269 e. The van der Waals surface area contributed by atoms with E-state index in [1.807, 2.05) is 0 Å². The number of non-ortho nitro benzene ring substituents is 1. The number of benzene rings is 1. The van der Waals surface area contributed by atoms with Crippen molar-refractivity contribution in [3.05, 3.63) is 40.2 Å². The Morgan fingerprint density at radius 3 is 2.45 bits per heavy atom. The molecule has 1 aliphatic rings. The van der Waals surface area contributed by atoms with Crippen LogP contribution in [0, 0.1) is 10.1 Å². The molecule has 106 valence electrons. The molecule has 0 unspecified atom stereocenters. The molecule has 0 atom stereocenters. The molecule has 1 saturated carbocycles. The average Bonchev–Trinajstić information content (AvgIpc) is 2.86. The Balaban J connectivity index is 0.00000147. The summed E-state index contributed by atoms with van der Waals surface area (Å²) in [6, 6.07) is 5.97. The molecule has 1 heterocycles. The molecule has 3 rings (SSSR count). The summed E-state index contributed by atoms with van der Waals surface area (Å²) in [4.78, 5) is 14.4. The molecule has 2 aromatic rings. The molecule has 20 heavy (non-hydrogen) atoms. The van der Waals surface area contributed by atoms with Gasteiger partial charge in [0.25, 0.3) is 11.6 Å². The zero-order valence-electron chi connectivity index (χ0n) is 10.5. The minimum Gasteiger partial charge on any atom is -0.334 e. The maximum absolute atomic E-state index is 10.6. The van der Waals surface area contributed by atoms with Crippen LogP contribution in [0.15, 0.2) is 28.8 Å². The first-order valence-electron chi connectivity index (χ1n) is 5.96. The van der Waals surface area contributed by atoms with E-state index < -0.39 is 10.5 Å². The van der Waals surface area contributed by atoms with Crippen LogP contribution in [-0.2, 0) is 5.54 Å². The lowest BCUT2D eigenvalue weighted by molar-refractivity contribution is -0.384. The van der Waals surface area contributed by atoms with E-state index in [-0.39, 0.29) is 18.1 Å². The van der Waals surface area contributed by atoms with Crippen LogP contribution >= 0.6 is 12.4 Å². The number of aromatic nitrogens is 2. The first-order chi connectivity index (χ1) is 9.08. The zero-order valence-corrected chi connectivity index (χ0v) is 11.3. The van der Waals surface area contributed by atoms with E-state index >= 15 is 0 Å². The van der Waals surface area contributed by atoms with Gasteiger partial charge in [-0.1, -0.05) is 5.16 Å². The van der Waals surface area contributed by atoms with Crippen molar-refractivity contribution in [1.29, 1.82) is 0 Å². The molecule has 0 aliphatic heterocycles. The minimum atomic E-state index is -0.470. The van der Waals surface area contributed by atoms with Gasteiger partial charge in [0.05, 0.1) is 10.5 Å². The summed E-state index contributed by atoms with van der Waals surface area (Å²) in [5.41, 5.74) is 6.31. The second kappa shape index (κ2) is 5.18. The monoisotopic (exact) mass is 296 g/mol. The third kappa shape index (κ3) is 2.37. The maximum atomic E-state index is 10.6. The highest BCUT2D eigenvalue weighted by atomic mass is 35.5. The summed E-state index contributed by atoms with van der Waals surface area (Å²) in [6.07, 6.45) is 2.77. The van der Waals surface area contributed by atoms with Crippen LogP contribution in [-0.4, -0.2) is 15.1 Å². The van der Waals surface area contributed by atoms with Gasteiger partial charge in [-0.2, -0.15) is 4.98 Å². The third-order valence-electron chi connectivity index (χ3n) is 3.44. The van der Waals surface area contributed by atoms with Gasteiger partial charge in [0.2, 0.25) is 0 Å². The number of nitrogens with two attached hydrogens (primary N) is 1. The normalized spacial score (nSPS) is 16.1. The van der Waals surface area contributed by atoms with Crippen molar-refractivity contribution in [2.45, 2.75) is 24.8 Å². The van der Waals surface area contributed by atoms with Crippen LogP contribution < -0.4 is 5.73 Å². The van der Waals surface area contributed by atoms with Gasteiger partial charge in [-0.15, -0.1) is 12.4 Å². The molecular weight excluding hydrogens is 284 g/mol. The summed E-state index contributed by atoms with van der Waals surface area (Å²) in [7, 11) is 0. The van der Waals surface area contributed by atoms with Crippen molar-refractivity contribution in [2.24, 2.45) is 5.73 Å². The number of rotatable bonds is 3. The molecule has 0 spiro atoms. The Kier molecular flexibility index (Phi) is 3.74. The Labute approximate surface area is 120 Å². The van der Waals surface area contributed by atoms with Crippen molar-refractivity contribution in [1.82, 2.24) is 10.1 Å². The SMILES string of the molecule is Cl.NC1(c2noc(-c3ccc([N+](=O)[O-])cc3)n2)CCC1. The van der Waals surface area contributed by atoms with E-state index in [4.69, 9.17) is 10.3 Å². The third-order valence-corrected chi connectivity index (χ3v) is 3.44. The van der Waals surface area contributed by atoms with Crippen LogP contribution in [0.25, 0.3) is 11.5 Å². The molecule has 0 amide bonds. The van der Waals surface area contributed by atoms with E-state index in [9.17, 15) is 10.1 Å². The first-order valence-corrected chi connectivity index (χ1v) is 5.96. The van der Waals surface area contributed by atoms with Crippen LogP contribution in [0.2, 0.25) is 0 Å². The van der Waals surface area contributed by atoms with Gasteiger partial charge in [0.1, 0.15) is 0 Å². The smallest absolute Gasteiger partial charge is 0.269 e. The standard InChI is InChI=1S/C12H12N4O3.ClH/c13-12(6-1-7-12)11-14-10(19-15-11)8-2-4-9(5-3-8)16(17)18;/h2-5H,1,6-7,13H2;1H. The van der Waals surface area contributed by atoms with E-state index in [1.165, 1.54) is 12.1 Å². The van der Waals surface area contributed by atoms with Crippen molar-refractivity contribution < 1.29 is 9.45 Å². The lowest BCUT2D eigenvalue weighted by Crippen LogP contribution is -2.44. The summed E-state index contributed by atoms with van der Waals surface area (Å²) in [5, 5.41) is 14.5. The second-order valence-electron chi connectivity index (χ2n) is 4.74. The zero-order chi connectivity index (χ0) is 13.5. The van der Waals surface area contributed by atoms with Gasteiger partial charge >= 0.3 is 0 Å². The van der Waals surface area contributed by atoms with Crippen molar-refractivity contribution in [2.75, 3.05) is 0 Å². The highest BCUT2D eigenvalue weighted by Gasteiger charge is 2.39. The van der Waals surface area contributed by atoms with E-state index in [1.54, 1.807) is 12.1 Å². The topological polar surface area (TPSA) is 108 Å². The molecule has 1 aromatic carbocycles. The van der Waals surface area contributed by atoms with E-state index in [0.717, 1.165) is 19.3 Å². The van der Waals surface area contributed by atoms with Crippen molar-refractivity contribution in [3.8, 4) is 11.5 Å². The highest BCUT2D eigenvalue weighted by molar-refractivity contribution is 5.85. The van der Waals surface area contributed by atoms with Crippen LogP contribution in [0.4, 0.5) is 5.69 Å². The summed E-state index contributed by atoms with van der Waals surface area (Å²) in [5.74, 6) is 0.841. The number of nitro benzene ring substituents is 1. The molecule has 8 heteroatoms. The van der Waals surface area contributed by atoms with Crippen molar-refractivity contribution in [3.63, 3.8) is 0 Å². The lowest BCUT2D eigenvalue weighted by Gasteiger charge is -2.34. The van der Waals surface area contributed by atoms with E-state index in [2.05, 4.69) is 10.1 Å². The molecule has 0 bridgehead atoms. The lowest BCUT2D eigenvalue weighted by atomic mass is 9.77. The molecule has 0 radical (unpaired) electrons. The van der Waals surface area contributed by atoms with Gasteiger partial charge in [0.15, 0.2) is 5.82 Å². The molecule has 1 aliphatic carbocycles. The Hall–Kier alpha value is -1.99. The second-order valence-corrected chi connectivity index (χ2v) is 4.74. The van der Waals surface area contributed by atoms with Crippen LogP contribution in [0.3, 0.4) is 0 Å². The van der Waals surface area contributed by atoms with Gasteiger partial charge in [0, 0.05) is 17.7 Å². The number of halogens is 1. The number of nitro groups is 1. The highest BCUT2D eigenvalue weighted by Crippen LogP contribution is 2.37. The van der Waals surface area contributed by atoms with E-state index in [0.29, 0.717) is 17.3 Å². The average molecular weight is 297 g/mol. The van der Waals surface area contributed by atoms with Gasteiger partial charge in [-0.25, -0.2) is 0 Å². The quantitative estimate of drug-likeness (QED) is 0.688. The Morgan fingerprint density at radius 2 is 1.95 bits per heavy atom. The molecule has 7 nitrogen and oxygen atoms in total. The van der Waals surface area contributed by atoms with Crippen LogP contribution in [0.5, 0.6) is 0 Å². The Bertz CT molecular complexity index is 622. The summed E-state index contributed by atoms with van der Waals surface area (Å²) >= 11 is 0. The van der Waals surface area contributed by atoms with Gasteiger partial charge in [-0.05, 0) is 31.4 Å². The molecule has 2 N–H and O–H groups in total. The van der Waals surface area contributed by atoms with Gasteiger partial charge < -0.3 is 10.3 Å². The number of hydrogen-bond donors (Lipinski definition) is 1. The summed E-state index contributed by atoms with van der Waals surface area (Å²) in [6.45, 7) is 0. The molecule has 1 fully saturated rings.